The van der Waals surface area contributed by atoms with Gasteiger partial charge in [0.15, 0.2) is 12.6 Å². The number of carbonyl (C=O) groups excluding carboxylic acids is 1. The first-order valence-corrected chi connectivity index (χ1v) is 41.9. The zero-order chi connectivity index (χ0) is 74.4. The number of aliphatic hydroxyl groups excluding tert-OH is 8. The molecule has 0 aliphatic carbocycles. The van der Waals surface area contributed by atoms with Gasteiger partial charge in [-0.05, 0) is 96.3 Å². The Bertz CT molecular complexity index is 2250. The Hall–Kier alpha value is -3.87. The van der Waals surface area contributed by atoms with Gasteiger partial charge in [0.2, 0.25) is 5.91 Å². The number of nitrogens with one attached hydrogen (secondary N) is 1. The van der Waals surface area contributed by atoms with Crippen molar-refractivity contribution in [2.75, 3.05) is 19.8 Å². The highest BCUT2D eigenvalue weighted by molar-refractivity contribution is 5.76. The second kappa shape index (κ2) is 71.1. The minimum absolute atomic E-state index is 0.249. The molecule has 2 fully saturated rings. The summed E-state index contributed by atoms with van der Waals surface area (Å²) in [6, 6.07) is -0.931. The highest BCUT2D eigenvalue weighted by Gasteiger charge is 2.51. The molecule has 2 saturated heterocycles. The van der Waals surface area contributed by atoms with Gasteiger partial charge in [-0.1, -0.05) is 359 Å². The summed E-state index contributed by atoms with van der Waals surface area (Å²) in [5, 5.41) is 87.8. The number of carbonyl (C=O) groups is 1. The minimum atomic E-state index is -1.80. The van der Waals surface area contributed by atoms with Crippen molar-refractivity contribution in [2.24, 2.45) is 0 Å². The summed E-state index contributed by atoms with van der Waals surface area (Å²) in [7, 11) is 0. The van der Waals surface area contributed by atoms with Crippen molar-refractivity contribution in [1.82, 2.24) is 5.32 Å². The Labute approximate surface area is 628 Å². The third kappa shape index (κ3) is 53.6. The summed E-state index contributed by atoms with van der Waals surface area (Å²) < 4.78 is 22.9. The smallest absolute Gasteiger partial charge is 0.220 e. The van der Waals surface area contributed by atoms with Gasteiger partial charge >= 0.3 is 0 Å². The van der Waals surface area contributed by atoms with Gasteiger partial charge in [-0.2, -0.15) is 0 Å². The molecule has 103 heavy (non-hydrogen) atoms. The molecular weight excluding hydrogens is 1290 g/mol. The molecule has 0 aromatic carbocycles. The van der Waals surface area contributed by atoms with Crippen LogP contribution in [0, 0.1) is 0 Å². The highest BCUT2D eigenvalue weighted by Crippen LogP contribution is 2.30. The molecule has 2 rings (SSSR count). The molecule has 1 amide bonds. The van der Waals surface area contributed by atoms with E-state index in [1.54, 1.807) is 6.08 Å². The van der Waals surface area contributed by atoms with E-state index in [1.165, 1.54) is 186 Å². The predicted octanol–water partition coefficient (Wildman–Crippen LogP) is 19.7. The number of allylic oxidation sites excluding steroid dienone is 21. The number of rotatable bonds is 69. The van der Waals surface area contributed by atoms with Crippen LogP contribution in [0.2, 0.25) is 0 Å². The van der Waals surface area contributed by atoms with Crippen LogP contribution in [-0.2, 0) is 23.7 Å². The third-order valence-electron chi connectivity index (χ3n) is 19.6. The molecule has 2 aliphatic rings. The van der Waals surface area contributed by atoms with E-state index in [2.05, 4.69) is 141 Å². The number of amides is 1. The fourth-order valence-corrected chi connectivity index (χ4v) is 13.0. The first-order valence-electron chi connectivity index (χ1n) is 41.9. The number of unbranched alkanes of at least 4 members (excludes halogenated alkanes) is 36. The van der Waals surface area contributed by atoms with Crippen molar-refractivity contribution in [3.63, 3.8) is 0 Å². The third-order valence-corrected chi connectivity index (χ3v) is 19.6. The lowest BCUT2D eigenvalue weighted by Gasteiger charge is -2.46. The molecule has 0 bridgehead atoms. The molecule has 0 spiro atoms. The Morgan fingerprint density at radius 2 is 0.670 bits per heavy atom. The second-order valence-electron chi connectivity index (χ2n) is 28.9. The SMILES string of the molecule is CC/C=C\C/C=C\C/C=C\C/C=C\C/C=C\C/C=C\C/C=C\C/C=C\C/C=C\C/C=C\CCCCCCCCCCC(=O)NC(COC1OC(CO)C(OC2OC(CO)C(O)C(O)C2O)C(O)C1O)C(O)/C=C/CCCCCCCCCCCCCCCCCCCCCCCCCCCCCC. The van der Waals surface area contributed by atoms with E-state index in [1.807, 2.05) is 6.08 Å². The van der Waals surface area contributed by atoms with Gasteiger partial charge in [0.05, 0.1) is 32.0 Å². The Morgan fingerprint density at radius 3 is 1.03 bits per heavy atom. The van der Waals surface area contributed by atoms with Crippen molar-refractivity contribution in [1.29, 1.82) is 0 Å². The molecular formula is C89H153NO13. The average molecular weight is 1450 g/mol. The zero-order valence-electron chi connectivity index (χ0n) is 65.0. The topological polar surface area (TPSA) is 228 Å². The van der Waals surface area contributed by atoms with Crippen molar-refractivity contribution in [3.8, 4) is 0 Å². The monoisotopic (exact) mass is 1440 g/mol. The van der Waals surface area contributed by atoms with Crippen LogP contribution in [0.3, 0.4) is 0 Å². The summed E-state index contributed by atoms with van der Waals surface area (Å²) in [5.74, 6) is -0.249. The van der Waals surface area contributed by atoms with E-state index in [0.717, 1.165) is 116 Å². The lowest BCUT2D eigenvalue weighted by Crippen LogP contribution is -2.65. The van der Waals surface area contributed by atoms with E-state index < -0.39 is 86.8 Å². The summed E-state index contributed by atoms with van der Waals surface area (Å²) >= 11 is 0. The lowest BCUT2D eigenvalue weighted by atomic mass is 9.97. The van der Waals surface area contributed by atoms with E-state index in [4.69, 9.17) is 18.9 Å². The molecule has 0 aromatic rings. The summed E-state index contributed by atoms with van der Waals surface area (Å²) in [6.45, 7) is 2.71. The van der Waals surface area contributed by atoms with Crippen LogP contribution in [0.5, 0.6) is 0 Å². The molecule has 9 N–H and O–H groups in total. The second-order valence-corrected chi connectivity index (χ2v) is 28.9. The molecule has 2 heterocycles. The molecule has 2 aliphatic heterocycles. The van der Waals surface area contributed by atoms with Gasteiger partial charge in [0.1, 0.15) is 48.8 Å². The maximum absolute atomic E-state index is 13.4. The van der Waals surface area contributed by atoms with Crippen LogP contribution in [0.15, 0.2) is 134 Å². The Kier molecular flexibility index (Phi) is 65.7. The normalized spacial score (nSPS) is 22.3. The number of ether oxygens (including phenoxy) is 4. The van der Waals surface area contributed by atoms with Gasteiger partial charge in [0, 0.05) is 6.42 Å². The Balaban J connectivity index is 1.63. The lowest BCUT2D eigenvalue weighted by molar-refractivity contribution is -0.359. The van der Waals surface area contributed by atoms with Crippen LogP contribution in [0.1, 0.15) is 328 Å². The first-order chi connectivity index (χ1) is 50.6. The maximum Gasteiger partial charge on any atom is 0.220 e. The molecule has 592 valence electrons. The summed E-state index contributed by atoms with van der Waals surface area (Å²) in [6.07, 6.45) is 89.5. The van der Waals surface area contributed by atoms with E-state index in [-0.39, 0.29) is 18.9 Å². The molecule has 0 radical (unpaired) electrons. The van der Waals surface area contributed by atoms with Crippen molar-refractivity contribution < 1.29 is 64.6 Å². The Morgan fingerprint density at radius 1 is 0.359 bits per heavy atom. The quantitative estimate of drug-likeness (QED) is 0.0204. The van der Waals surface area contributed by atoms with Crippen LogP contribution >= 0.6 is 0 Å². The highest BCUT2D eigenvalue weighted by atomic mass is 16.7. The molecule has 12 unspecified atom stereocenters. The van der Waals surface area contributed by atoms with Crippen LogP contribution in [-0.4, -0.2) is 140 Å². The van der Waals surface area contributed by atoms with Gasteiger partial charge in [-0.3, -0.25) is 4.79 Å². The minimum Gasteiger partial charge on any atom is -0.394 e. The van der Waals surface area contributed by atoms with Crippen molar-refractivity contribution in [2.45, 2.75) is 402 Å². The van der Waals surface area contributed by atoms with Gasteiger partial charge in [-0.15, -0.1) is 0 Å². The summed E-state index contributed by atoms with van der Waals surface area (Å²) in [4.78, 5) is 13.4. The van der Waals surface area contributed by atoms with Gasteiger partial charge < -0.3 is 65.1 Å². The van der Waals surface area contributed by atoms with Gasteiger partial charge in [-0.25, -0.2) is 0 Å². The van der Waals surface area contributed by atoms with Gasteiger partial charge in [0.25, 0.3) is 0 Å². The van der Waals surface area contributed by atoms with E-state index in [0.29, 0.717) is 6.42 Å². The standard InChI is InChI=1S/C89H153NO13/c1-3-5-7-9-11-13-15-17-19-21-23-25-27-29-31-33-35-36-37-38-39-40-41-42-43-45-47-49-51-53-55-57-59-61-63-65-67-69-71-73-81(94)90-77(76-100-88-86(99)84(97)87(80(75-92)102-88)103-89-85(98)83(96)82(95)79(74-91)101-89)78(93)72-70-68-66-64-62-60-58-56-54-52-50-48-46-44-34-32-30-28-26-24-22-20-18-16-14-12-10-8-6-4-2/h5,7,11,13,17,19,23,25,29,31,35-36,38-39,41-42,45,47,51,53,70,72,77-80,82-89,91-93,95-99H,3-4,6,8-10,12,14-16,18,20-22,24,26-28,30,32-34,37,40,43-44,46,48-50,52,54-69,71,73-76H2,1-2H3,(H,90,94)/b7-5-,13-11-,19-17-,25-23-,31-29-,36-35-,39-38-,42-41-,47-45-,53-51-,72-70+. The van der Waals surface area contributed by atoms with Crippen LogP contribution < -0.4 is 5.32 Å². The fraction of sp³-hybridized carbons (Fsp3) is 0.742. The van der Waals surface area contributed by atoms with Crippen molar-refractivity contribution >= 4 is 5.91 Å². The molecule has 14 nitrogen and oxygen atoms in total. The van der Waals surface area contributed by atoms with E-state index >= 15 is 0 Å². The fourth-order valence-electron chi connectivity index (χ4n) is 13.0. The summed E-state index contributed by atoms with van der Waals surface area (Å²) in [5.41, 5.74) is 0. The maximum atomic E-state index is 13.4. The number of hydrogen-bond acceptors (Lipinski definition) is 13. The van der Waals surface area contributed by atoms with Crippen LogP contribution in [0.4, 0.5) is 0 Å². The first kappa shape index (κ1) is 95.2. The average Bonchev–Trinajstić information content (AvgIpc) is 0.791. The molecule has 0 aromatic heterocycles. The number of aliphatic hydroxyl groups is 8. The van der Waals surface area contributed by atoms with Crippen LogP contribution in [0.25, 0.3) is 0 Å². The van der Waals surface area contributed by atoms with E-state index in [9.17, 15) is 45.6 Å². The largest absolute Gasteiger partial charge is 0.394 e. The predicted molar refractivity (Wildman–Crippen MR) is 428 cm³/mol. The molecule has 14 heteroatoms. The van der Waals surface area contributed by atoms with Crippen molar-refractivity contribution in [3.05, 3.63) is 134 Å². The molecule has 12 atom stereocenters. The zero-order valence-corrected chi connectivity index (χ0v) is 65.0. The molecule has 0 saturated carbocycles. The number of hydrogen-bond donors (Lipinski definition) is 9.